The Kier molecular flexibility index (Phi) is 7.53. The predicted molar refractivity (Wildman–Crippen MR) is 113 cm³/mol. The Morgan fingerprint density at radius 3 is 2.25 bits per heavy atom. The van der Waals surface area contributed by atoms with Crippen LogP contribution in [0, 0.1) is 23.3 Å². The molecule has 0 aromatic heterocycles. The highest BCUT2D eigenvalue weighted by Crippen LogP contribution is 2.31. The van der Waals surface area contributed by atoms with Crippen LogP contribution in [0.1, 0.15) is 30.6 Å². The molecule has 0 saturated carbocycles. The average molecular weight is 446 g/mol. The van der Waals surface area contributed by atoms with Crippen molar-refractivity contribution in [3.63, 3.8) is 0 Å². The first-order valence-corrected chi connectivity index (χ1v) is 9.93. The Balaban J connectivity index is 1.71. The predicted octanol–water partition coefficient (Wildman–Crippen LogP) is 6.50. The fourth-order valence-electron chi connectivity index (χ4n) is 3.05. The van der Waals surface area contributed by atoms with Gasteiger partial charge in [0.1, 0.15) is 12.4 Å². The zero-order chi connectivity index (χ0) is 23.3. The summed E-state index contributed by atoms with van der Waals surface area (Å²) in [6.45, 7) is 4.82. The molecule has 3 aromatic rings. The fraction of sp³-hybridized carbons (Fsp3) is 0.200. The van der Waals surface area contributed by atoms with Crippen LogP contribution in [-0.4, -0.2) is 11.7 Å². The second-order valence-electron chi connectivity index (χ2n) is 7.10. The molecule has 168 valence electrons. The monoisotopic (exact) mass is 446 g/mol. The molecule has 3 nitrogen and oxygen atoms in total. The lowest BCUT2D eigenvalue weighted by molar-refractivity contribution is 0.192. The molecule has 1 unspecified atom stereocenters. The van der Waals surface area contributed by atoms with E-state index in [0.717, 1.165) is 0 Å². The minimum absolute atomic E-state index is 0.0175. The maximum atomic E-state index is 14.5. The third-order valence-electron chi connectivity index (χ3n) is 4.83. The molecule has 0 saturated heterocycles. The van der Waals surface area contributed by atoms with E-state index in [1.54, 1.807) is 6.08 Å². The Labute approximate surface area is 183 Å². The highest BCUT2D eigenvalue weighted by atomic mass is 19.2. The van der Waals surface area contributed by atoms with Crippen molar-refractivity contribution in [1.82, 2.24) is 0 Å². The third kappa shape index (κ3) is 5.11. The van der Waals surface area contributed by atoms with Crippen molar-refractivity contribution < 1.29 is 32.1 Å². The van der Waals surface area contributed by atoms with Gasteiger partial charge in [0.05, 0.1) is 12.7 Å². The summed E-state index contributed by atoms with van der Waals surface area (Å²) in [7, 11) is 0. The van der Waals surface area contributed by atoms with E-state index in [4.69, 9.17) is 9.47 Å². The lowest BCUT2D eigenvalue weighted by Crippen LogP contribution is -2.05. The van der Waals surface area contributed by atoms with E-state index in [9.17, 15) is 22.7 Å². The first-order chi connectivity index (χ1) is 15.3. The number of aliphatic hydroxyl groups is 1. The van der Waals surface area contributed by atoms with Crippen molar-refractivity contribution in [2.45, 2.75) is 26.1 Å². The van der Waals surface area contributed by atoms with Crippen molar-refractivity contribution in [3.05, 3.63) is 95.6 Å². The van der Waals surface area contributed by atoms with Gasteiger partial charge in [0.25, 0.3) is 0 Å². The Hall–Kier alpha value is -3.32. The van der Waals surface area contributed by atoms with Crippen LogP contribution in [0.25, 0.3) is 11.1 Å². The molecular formula is C25H22F4O3. The van der Waals surface area contributed by atoms with Crippen molar-refractivity contribution in [1.29, 1.82) is 0 Å². The van der Waals surface area contributed by atoms with Gasteiger partial charge in [0, 0.05) is 16.7 Å². The van der Waals surface area contributed by atoms with E-state index in [-0.39, 0.29) is 35.7 Å². The van der Waals surface area contributed by atoms with E-state index < -0.39 is 29.4 Å². The van der Waals surface area contributed by atoms with Crippen molar-refractivity contribution in [2.75, 3.05) is 6.61 Å². The van der Waals surface area contributed by atoms with Crippen molar-refractivity contribution in [3.8, 4) is 22.6 Å². The van der Waals surface area contributed by atoms with Gasteiger partial charge in [-0.3, -0.25) is 0 Å². The van der Waals surface area contributed by atoms with Crippen LogP contribution in [0.3, 0.4) is 0 Å². The number of aliphatic hydroxyl groups excluding tert-OH is 1. The molecule has 0 heterocycles. The normalized spacial score (nSPS) is 11.8. The third-order valence-corrected chi connectivity index (χ3v) is 4.83. The molecule has 0 amide bonds. The maximum Gasteiger partial charge on any atom is 0.201 e. The van der Waals surface area contributed by atoms with Gasteiger partial charge >= 0.3 is 0 Å². The number of benzene rings is 3. The molecule has 0 aliphatic heterocycles. The lowest BCUT2D eigenvalue weighted by atomic mass is 10.0. The Morgan fingerprint density at radius 2 is 1.59 bits per heavy atom. The summed E-state index contributed by atoms with van der Waals surface area (Å²) in [5.74, 6) is -4.17. The van der Waals surface area contributed by atoms with Crippen LogP contribution >= 0.6 is 0 Å². The Morgan fingerprint density at radius 1 is 0.875 bits per heavy atom. The molecule has 1 atom stereocenters. The van der Waals surface area contributed by atoms with Crippen LogP contribution in [0.5, 0.6) is 11.5 Å². The van der Waals surface area contributed by atoms with Gasteiger partial charge in [-0.15, -0.1) is 6.58 Å². The smallest absolute Gasteiger partial charge is 0.201 e. The largest absolute Gasteiger partial charge is 0.490 e. The molecule has 0 radical (unpaired) electrons. The summed E-state index contributed by atoms with van der Waals surface area (Å²) in [5, 5.41) is 9.45. The molecule has 7 heteroatoms. The molecule has 0 aliphatic carbocycles. The number of hydrogen-bond donors (Lipinski definition) is 1. The molecule has 0 fully saturated rings. The summed E-state index contributed by atoms with van der Waals surface area (Å²) < 4.78 is 67.6. The first-order valence-electron chi connectivity index (χ1n) is 9.93. The van der Waals surface area contributed by atoms with Gasteiger partial charge in [-0.2, -0.15) is 4.39 Å². The van der Waals surface area contributed by atoms with Crippen LogP contribution in [-0.2, 0) is 6.61 Å². The van der Waals surface area contributed by atoms with Gasteiger partial charge in [-0.1, -0.05) is 30.3 Å². The van der Waals surface area contributed by atoms with Crippen LogP contribution in [0.15, 0.2) is 61.2 Å². The molecule has 32 heavy (non-hydrogen) atoms. The SMILES string of the molecule is C=CCCOc1ccc(-c2ccc(OCc3ccc(C(C)O)c(F)c3F)cc2)c(F)c1F. The second kappa shape index (κ2) is 10.3. The number of hydrogen-bond acceptors (Lipinski definition) is 3. The lowest BCUT2D eigenvalue weighted by Gasteiger charge is -2.12. The van der Waals surface area contributed by atoms with Crippen LogP contribution in [0.4, 0.5) is 17.6 Å². The molecule has 3 aromatic carbocycles. The number of ether oxygens (including phenoxy) is 2. The highest BCUT2D eigenvalue weighted by molar-refractivity contribution is 5.66. The van der Waals surface area contributed by atoms with Gasteiger partial charge in [0.2, 0.25) is 5.82 Å². The topological polar surface area (TPSA) is 38.7 Å². The van der Waals surface area contributed by atoms with Crippen LogP contribution < -0.4 is 9.47 Å². The van der Waals surface area contributed by atoms with Crippen molar-refractivity contribution >= 4 is 0 Å². The van der Waals surface area contributed by atoms with E-state index in [1.807, 2.05) is 0 Å². The Bertz CT molecular complexity index is 1100. The average Bonchev–Trinajstić information content (AvgIpc) is 2.78. The first kappa shape index (κ1) is 23.3. The van der Waals surface area contributed by atoms with E-state index in [2.05, 4.69) is 6.58 Å². The minimum atomic E-state index is -1.13. The maximum absolute atomic E-state index is 14.5. The second-order valence-corrected chi connectivity index (χ2v) is 7.10. The van der Waals surface area contributed by atoms with E-state index in [0.29, 0.717) is 17.7 Å². The molecule has 0 spiro atoms. The summed E-state index contributed by atoms with van der Waals surface area (Å²) in [6, 6.07) is 11.5. The molecule has 0 aliphatic rings. The van der Waals surface area contributed by atoms with Gasteiger partial charge in [0.15, 0.2) is 23.2 Å². The minimum Gasteiger partial charge on any atom is -0.490 e. The van der Waals surface area contributed by atoms with Gasteiger partial charge in [-0.25, -0.2) is 13.2 Å². The zero-order valence-corrected chi connectivity index (χ0v) is 17.4. The van der Waals surface area contributed by atoms with Gasteiger partial charge in [-0.05, 0) is 43.2 Å². The molecular weight excluding hydrogens is 424 g/mol. The molecule has 0 bridgehead atoms. The molecule has 1 N–H and O–H groups in total. The summed E-state index contributed by atoms with van der Waals surface area (Å²) in [5.41, 5.74) is 0.301. The van der Waals surface area contributed by atoms with E-state index >= 15 is 0 Å². The zero-order valence-electron chi connectivity index (χ0n) is 17.4. The highest BCUT2D eigenvalue weighted by Gasteiger charge is 2.18. The summed E-state index contributed by atoms with van der Waals surface area (Å²) in [4.78, 5) is 0. The van der Waals surface area contributed by atoms with Crippen LogP contribution in [0.2, 0.25) is 0 Å². The van der Waals surface area contributed by atoms with E-state index in [1.165, 1.54) is 55.5 Å². The number of halogens is 4. The summed E-state index contributed by atoms with van der Waals surface area (Å²) >= 11 is 0. The van der Waals surface area contributed by atoms with Crippen molar-refractivity contribution in [2.24, 2.45) is 0 Å². The fourth-order valence-corrected chi connectivity index (χ4v) is 3.05. The standard InChI is InChI=1S/C25H22F4O3/c1-3-4-13-31-21-12-11-20(24(28)25(21)29)16-5-8-18(9-6-16)32-14-17-7-10-19(15(2)30)23(27)22(17)26/h3,5-12,15,30H,1,4,13-14H2,2H3. The number of rotatable bonds is 9. The van der Waals surface area contributed by atoms with Gasteiger partial charge < -0.3 is 14.6 Å². The quantitative estimate of drug-likeness (QED) is 0.232. The summed E-state index contributed by atoms with van der Waals surface area (Å²) in [6.07, 6.45) is 0.984. The molecule has 3 rings (SSSR count).